The Morgan fingerprint density at radius 3 is 2.40 bits per heavy atom. The molecule has 0 heterocycles. The maximum absolute atomic E-state index is 12.5. The molecule has 4 nitrogen and oxygen atoms in total. The number of anilines is 1. The second-order valence-electron chi connectivity index (χ2n) is 5.38. The van der Waals surface area contributed by atoms with Crippen LogP contribution in [0.25, 0.3) is 0 Å². The Morgan fingerprint density at radius 2 is 1.75 bits per heavy atom. The number of nitrogens with one attached hydrogen (secondary N) is 1. The molecule has 1 aromatic rings. The fraction of sp³-hybridized carbons (Fsp3) is 0.375. The summed E-state index contributed by atoms with van der Waals surface area (Å²) < 4.78 is 4.86. The minimum absolute atomic E-state index is 0.0940. The Morgan fingerprint density at radius 1 is 1.10 bits per heavy atom. The Kier molecular flexibility index (Phi) is 3.30. The number of amides is 1. The van der Waals surface area contributed by atoms with Gasteiger partial charge in [-0.25, -0.2) is 0 Å². The van der Waals surface area contributed by atoms with Crippen molar-refractivity contribution in [3.63, 3.8) is 0 Å². The van der Waals surface area contributed by atoms with Crippen LogP contribution >= 0.6 is 0 Å². The van der Waals surface area contributed by atoms with E-state index in [1.807, 2.05) is 36.4 Å². The van der Waals surface area contributed by atoms with Crippen LogP contribution < -0.4 is 5.32 Å². The molecule has 4 heteroatoms. The maximum Gasteiger partial charge on any atom is 0.310 e. The van der Waals surface area contributed by atoms with Gasteiger partial charge in [0.25, 0.3) is 0 Å². The summed E-state index contributed by atoms with van der Waals surface area (Å²) in [5.41, 5.74) is 0.757. The molecule has 2 aliphatic rings. The fourth-order valence-electron chi connectivity index (χ4n) is 3.38. The Labute approximate surface area is 117 Å². The highest BCUT2D eigenvalue weighted by molar-refractivity contribution is 5.96. The lowest BCUT2D eigenvalue weighted by Crippen LogP contribution is -2.37. The van der Waals surface area contributed by atoms with Crippen LogP contribution in [0.3, 0.4) is 0 Å². The van der Waals surface area contributed by atoms with Gasteiger partial charge in [-0.15, -0.1) is 0 Å². The van der Waals surface area contributed by atoms with Crippen LogP contribution in [0.5, 0.6) is 0 Å². The topological polar surface area (TPSA) is 55.4 Å². The van der Waals surface area contributed by atoms with E-state index in [0.29, 0.717) is 0 Å². The van der Waals surface area contributed by atoms with E-state index in [4.69, 9.17) is 4.74 Å². The van der Waals surface area contributed by atoms with Crippen LogP contribution in [0.4, 0.5) is 5.69 Å². The third-order valence-electron chi connectivity index (χ3n) is 4.28. The third kappa shape index (κ3) is 2.11. The second-order valence-corrected chi connectivity index (χ2v) is 5.38. The summed E-state index contributed by atoms with van der Waals surface area (Å²) in [5.74, 6) is -0.762. The highest BCUT2D eigenvalue weighted by atomic mass is 16.5. The van der Waals surface area contributed by atoms with E-state index in [1.165, 1.54) is 7.11 Å². The number of para-hydroxylation sites is 1. The van der Waals surface area contributed by atoms with Crippen molar-refractivity contribution >= 4 is 17.6 Å². The van der Waals surface area contributed by atoms with Gasteiger partial charge in [0.1, 0.15) is 0 Å². The van der Waals surface area contributed by atoms with Gasteiger partial charge < -0.3 is 10.1 Å². The largest absolute Gasteiger partial charge is 0.469 e. The molecule has 0 radical (unpaired) electrons. The van der Waals surface area contributed by atoms with Gasteiger partial charge in [0.2, 0.25) is 5.91 Å². The van der Waals surface area contributed by atoms with Crippen LogP contribution in [-0.4, -0.2) is 19.0 Å². The maximum atomic E-state index is 12.5. The van der Waals surface area contributed by atoms with Gasteiger partial charge in [0.15, 0.2) is 0 Å². The number of carbonyl (C=O) groups is 2. The van der Waals surface area contributed by atoms with Gasteiger partial charge >= 0.3 is 5.97 Å². The van der Waals surface area contributed by atoms with E-state index in [1.54, 1.807) is 0 Å². The molecule has 20 heavy (non-hydrogen) atoms. The normalized spacial score (nSPS) is 30.2. The molecule has 0 saturated heterocycles. The molecule has 0 spiro atoms. The summed E-state index contributed by atoms with van der Waals surface area (Å²) >= 11 is 0. The minimum Gasteiger partial charge on any atom is -0.469 e. The number of benzene rings is 1. The standard InChI is InChI=1S/C16H17NO3/c1-20-16(19)14-11-8-7-10(9-11)13(14)15(18)17-12-5-3-2-4-6-12/h2-8,10-11,13-14H,9H2,1H3,(H,17,18)/t10-,11-,13-,14-/m0/s1. The number of rotatable bonds is 3. The second kappa shape index (κ2) is 5.12. The summed E-state index contributed by atoms with van der Waals surface area (Å²) in [6.07, 6.45) is 4.96. The summed E-state index contributed by atoms with van der Waals surface area (Å²) in [7, 11) is 1.38. The van der Waals surface area contributed by atoms with Gasteiger partial charge in [-0.1, -0.05) is 30.4 Å². The molecule has 1 aromatic carbocycles. The van der Waals surface area contributed by atoms with Crippen molar-refractivity contribution in [3.8, 4) is 0 Å². The van der Waals surface area contributed by atoms with Crippen LogP contribution in [0, 0.1) is 23.7 Å². The van der Waals surface area contributed by atoms with Crippen LogP contribution in [0.1, 0.15) is 6.42 Å². The number of fused-ring (bicyclic) bond motifs is 2. The molecule has 1 N–H and O–H groups in total. The first-order valence-electron chi connectivity index (χ1n) is 6.83. The van der Waals surface area contributed by atoms with Crippen LogP contribution in [0.15, 0.2) is 42.5 Å². The average molecular weight is 271 g/mol. The first kappa shape index (κ1) is 12.9. The molecule has 4 atom stereocenters. The smallest absolute Gasteiger partial charge is 0.310 e. The molecule has 2 aliphatic carbocycles. The van der Waals surface area contributed by atoms with E-state index in [-0.39, 0.29) is 35.5 Å². The molecule has 1 saturated carbocycles. The SMILES string of the molecule is COC(=O)[C@@H]1[C@@H](C(=O)Nc2ccccc2)[C@H]2C=C[C@H]1C2. The van der Waals surface area contributed by atoms with Gasteiger partial charge in [-0.05, 0) is 30.4 Å². The number of methoxy groups -OCH3 is 1. The number of ether oxygens (including phenoxy) is 1. The fourth-order valence-corrected chi connectivity index (χ4v) is 3.38. The number of hydrogen-bond acceptors (Lipinski definition) is 3. The van der Waals surface area contributed by atoms with Crippen molar-refractivity contribution in [2.75, 3.05) is 12.4 Å². The zero-order valence-electron chi connectivity index (χ0n) is 11.3. The first-order valence-corrected chi connectivity index (χ1v) is 6.83. The molecular formula is C16H17NO3. The van der Waals surface area contributed by atoms with Crippen molar-refractivity contribution in [2.24, 2.45) is 23.7 Å². The zero-order valence-corrected chi connectivity index (χ0v) is 11.3. The lowest BCUT2D eigenvalue weighted by atomic mass is 9.82. The predicted octanol–water partition coefficient (Wildman–Crippen LogP) is 2.24. The Balaban J connectivity index is 1.79. The number of carbonyl (C=O) groups excluding carboxylic acids is 2. The predicted molar refractivity (Wildman–Crippen MR) is 74.8 cm³/mol. The van der Waals surface area contributed by atoms with Gasteiger partial charge in [0.05, 0.1) is 18.9 Å². The quantitative estimate of drug-likeness (QED) is 0.677. The van der Waals surface area contributed by atoms with E-state index >= 15 is 0 Å². The molecule has 0 unspecified atom stereocenters. The number of esters is 1. The third-order valence-corrected chi connectivity index (χ3v) is 4.28. The van der Waals surface area contributed by atoms with Crippen molar-refractivity contribution in [1.82, 2.24) is 0 Å². The monoisotopic (exact) mass is 271 g/mol. The van der Waals surface area contributed by atoms with Crippen LogP contribution in [-0.2, 0) is 14.3 Å². The van der Waals surface area contributed by atoms with E-state index in [0.717, 1.165) is 12.1 Å². The lowest BCUT2D eigenvalue weighted by molar-refractivity contribution is -0.150. The highest BCUT2D eigenvalue weighted by Crippen LogP contribution is 2.48. The van der Waals surface area contributed by atoms with E-state index in [9.17, 15) is 9.59 Å². The molecule has 3 rings (SSSR count). The van der Waals surface area contributed by atoms with Crippen molar-refractivity contribution in [3.05, 3.63) is 42.5 Å². The van der Waals surface area contributed by atoms with Gasteiger partial charge in [0, 0.05) is 5.69 Å². The lowest BCUT2D eigenvalue weighted by Gasteiger charge is -2.25. The van der Waals surface area contributed by atoms with Crippen molar-refractivity contribution in [1.29, 1.82) is 0 Å². The van der Waals surface area contributed by atoms with Gasteiger partial charge in [-0.3, -0.25) is 9.59 Å². The summed E-state index contributed by atoms with van der Waals surface area (Å²) in [4.78, 5) is 24.4. The summed E-state index contributed by atoms with van der Waals surface area (Å²) in [5, 5.41) is 2.90. The molecule has 2 bridgehead atoms. The molecular weight excluding hydrogens is 254 g/mol. The average Bonchev–Trinajstić information content (AvgIpc) is 3.08. The molecule has 0 aromatic heterocycles. The Bertz CT molecular complexity index is 552. The molecule has 1 fully saturated rings. The van der Waals surface area contributed by atoms with Crippen molar-refractivity contribution in [2.45, 2.75) is 6.42 Å². The molecule has 104 valence electrons. The molecule has 0 aliphatic heterocycles. The van der Waals surface area contributed by atoms with Crippen LogP contribution in [0.2, 0.25) is 0 Å². The summed E-state index contributed by atoms with van der Waals surface area (Å²) in [6.45, 7) is 0. The zero-order chi connectivity index (χ0) is 14.1. The molecule has 1 amide bonds. The minimum atomic E-state index is -0.348. The van der Waals surface area contributed by atoms with Gasteiger partial charge in [-0.2, -0.15) is 0 Å². The van der Waals surface area contributed by atoms with E-state index in [2.05, 4.69) is 11.4 Å². The van der Waals surface area contributed by atoms with Crippen molar-refractivity contribution < 1.29 is 14.3 Å². The number of allylic oxidation sites excluding steroid dienone is 2. The van der Waals surface area contributed by atoms with E-state index < -0.39 is 0 Å². The first-order chi connectivity index (χ1) is 9.70. The summed E-state index contributed by atoms with van der Waals surface area (Å²) in [6, 6.07) is 9.32. The highest BCUT2D eigenvalue weighted by Gasteiger charge is 2.52. The number of hydrogen-bond donors (Lipinski definition) is 1. The Hall–Kier alpha value is -2.10.